The lowest BCUT2D eigenvalue weighted by atomic mass is 10.2. The number of benzene rings is 1. The maximum Gasteiger partial charge on any atom is 0.280 e. The van der Waals surface area contributed by atoms with Crippen molar-refractivity contribution in [1.29, 1.82) is 0 Å². The molecule has 26 heavy (non-hydrogen) atoms. The van der Waals surface area contributed by atoms with E-state index in [4.69, 9.17) is 0 Å². The summed E-state index contributed by atoms with van der Waals surface area (Å²) in [7, 11) is 0. The number of halogens is 4. The number of carbonyl (C=O) groups is 1. The van der Waals surface area contributed by atoms with Gasteiger partial charge in [-0.25, -0.2) is 22.7 Å². The van der Waals surface area contributed by atoms with E-state index in [1.807, 2.05) is 0 Å². The van der Waals surface area contributed by atoms with Gasteiger partial charge in [-0.3, -0.25) is 4.79 Å². The van der Waals surface area contributed by atoms with Crippen molar-refractivity contribution in [2.75, 3.05) is 5.32 Å². The van der Waals surface area contributed by atoms with Gasteiger partial charge in [-0.05, 0) is 37.1 Å². The number of nitrogens with zero attached hydrogens (tertiary/aromatic N) is 3. The summed E-state index contributed by atoms with van der Waals surface area (Å²) in [4.78, 5) is 16.7. The summed E-state index contributed by atoms with van der Waals surface area (Å²) < 4.78 is 42.1. The molecule has 0 radical (unpaired) electrons. The van der Waals surface area contributed by atoms with Crippen molar-refractivity contribution in [3.8, 4) is 0 Å². The molecule has 0 bridgehead atoms. The molecule has 9 heteroatoms. The van der Waals surface area contributed by atoms with Crippen molar-refractivity contribution in [3.05, 3.63) is 57.7 Å². The maximum absolute atomic E-state index is 13.9. The number of hydrogen-bond acceptors (Lipinski definition) is 3. The van der Waals surface area contributed by atoms with Gasteiger partial charge >= 0.3 is 0 Å². The lowest BCUT2D eigenvalue weighted by Gasteiger charge is -2.06. The van der Waals surface area contributed by atoms with Gasteiger partial charge in [-0.2, -0.15) is 5.10 Å². The Kier molecular flexibility index (Phi) is 4.18. The standard InChI is InChI=1S/C17H12BrF3N4O/c18-9-3-4-11(10(19)5-9)23-17(26)13-7-15-22-12(8-1-2-8)6-14(16(20)21)25(15)24-13/h3-8,16H,1-2H2,(H,23,26). The highest BCUT2D eigenvalue weighted by Crippen LogP contribution is 2.40. The quantitative estimate of drug-likeness (QED) is 0.660. The number of carbonyl (C=O) groups excluding carboxylic acids is 1. The second-order valence-corrected chi connectivity index (χ2v) is 6.97. The highest BCUT2D eigenvalue weighted by molar-refractivity contribution is 9.10. The number of rotatable bonds is 4. The number of hydrogen-bond donors (Lipinski definition) is 1. The molecule has 4 rings (SSSR count). The number of aromatic nitrogens is 3. The van der Waals surface area contributed by atoms with Crippen molar-refractivity contribution >= 4 is 33.2 Å². The molecular weight excluding hydrogens is 413 g/mol. The Bertz CT molecular complexity index is 1020. The van der Waals surface area contributed by atoms with Crippen LogP contribution in [0.4, 0.5) is 18.9 Å². The van der Waals surface area contributed by atoms with Gasteiger partial charge in [0.15, 0.2) is 11.3 Å². The summed E-state index contributed by atoms with van der Waals surface area (Å²) in [5.41, 5.74) is 0.293. The molecule has 1 amide bonds. The fraction of sp³-hybridized carbons (Fsp3) is 0.235. The molecule has 134 valence electrons. The van der Waals surface area contributed by atoms with Crippen LogP contribution < -0.4 is 5.32 Å². The first kappa shape index (κ1) is 17.0. The monoisotopic (exact) mass is 424 g/mol. The molecule has 2 heterocycles. The fourth-order valence-corrected chi connectivity index (χ4v) is 2.98. The van der Waals surface area contributed by atoms with Crippen LogP contribution in [-0.4, -0.2) is 20.5 Å². The molecule has 2 aromatic heterocycles. The van der Waals surface area contributed by atoms with E-state index in [1.165, 1.54) is 24.3 Å². The van der Waals surface area contributed by atoms with E-state index in [9.17, 15) is 18.0 Å². The van der Waals surface area contributed by atoms with Crippen LogP contribution in [0.25, 0.3) is 5.65 Å². The van der Waals surface area contributed by atoms with Crippen molar-refractivity contribution < 1.29 is 18.0 Å². The van der Waals surface area contributed by atoms with Gasteiger partial charge in [0.1, 0.15) is 11.5 Å². The molecule has 3 aromatic rings. The highest BCUT2D eigenvalue weighted by Gasteiger charge is 2.28. The van der Waals surface area contributed by atoms with Gasteiger partial charge in [0.25, 0.3) is 12.3 Å². The number of alkyl halides is 2. The third kappa shape index (κ3) is 3.18. The molecule has 0 unspecified atom stereocenters. The van der Waals surface area contributed by atoms with Crippen LogP contribution in [0.1, 0.15) is 47.1 Å². The minimum absolute atomic E-state index is 0.0315. The summed E-state index contributed by atoms with van der Waals surface area (Å²) in [5, 5.41) is 6.32. The molecule has 1 saturated carbocycles. The van der Waals surface area contributed by atoms with Crippen LogP contribution in [0.2, 0.25) is 0 Å². The predicted octanol–water partition coefficient (Wildman–Crippen LogP) is 4.70. The summed E-state index contributed by atoms with van der Waals surface area (Å²) in [6.45, 7) is 0. The van der Waals surface area contributed by atoms with Crippen molar-refractivity contribution in [2.45, 2.75) is 25.2 Å². The summed E-state index contributed by atoms with van der Waals surface area (Å²) in [5.74, 6) is -1.15. The number of nitrogens with one attached hydrogen (secondary N) is 1. The zero-order valence-electron chi connectivity index (χ0n) is 13.2. The zero-order valence-corrected chi connectivity index (χ0v) is 14.8. The molecule has 0 aliphatic heterocycles. The molecule has 1 aliphatic rings. The molecular formula is C17H12BrF3N4O. The Morgan fingerprint density at radius 2 is 2.04 bits per heavy atom. The lowest BCUT2D eigenvalue weighted by molar-refractivity contribution is 0.102. The fourth-order valence-electron chi connectivity index (χ4n) is 2.65. The Balaban J connectivity index is 1.70. The van der Waals surface area contributed by atoms with Gasteiger partial charge in [0.05, 0.1) is 5.69 Å². The number of fused-ring (bicyclic) bond motifs is 1. The van der Waals surface area contributed by atoms with E-state index in [2.05, 4.69) is 31.3 Å². The predicted molar refractivity (Wildman–Crippen MR) is 92.0 cm³/mol. The first-order chi connectivity index (χ1) is 12.4. The third-order valence-electron chi connectivity index (χ3n) is 4.11. The van der Waals surface area contributed by atoms with E-state index in [1.54, 1.807) is 6.07 Å². The molecule has 1 fully saturated rings. The molecule has 1 aromatic carbocycles. The van der Waals surface area contributed by atoms with Crippen molar-refractivity contribution in [1.82, 2.24) is 14.6 Å². The van der Waals surface area contributed by atoms with Crippen LogP contribution in [0, 0.1) is 5.82 Å². The normalized spacial score (nSPS) is 14.2. The van der Waals surface area contributed by atoms with E-state index < -0.39 is 18.1 Å². The maximum atomic E-state index is 13.9. The van der Waals surface area contributed by atoms with E-state index in [0.29, 0.717) is 10.2 Å². The van der Waals surface area contributed by atoms with Gasteiger partial charge in [0, 0.05) is 22.2 Å². The average molecular weight is 425 g/mol. The molecule has 0 spiro atoms. The molecule has 5 nitrogen and oxygen atoms in total. The molecule has 0 atom stereocenters. The van der Waals surface area contributed by atoms with Crippen LogP contribution in [0.15, 0.2) is 34.8 Å². The summed E-state index contributed by atoms with van der Waals surface area (Å²) in [6, 6.07) is 6.82. The first-order valence-electron chi connectivity index (χ1n) is 7.87. The van der Waals surface area contributed by atoms with Crippen molar-refractivity contribution in [2.24, 2.45) is 0 Å². The van der Waals surface area contributed by atoms with E-state index in [-0.39, 0.29) is 28.6 Å². The van der Waals surface area contributed by atoms with Crippen molar-refractivity contribution in [3.63, 3.8) is 0 Å². The minimum atomic E-state index is -2.75. The smallest absolute Gasteiger partial charge is 0.280 e. The van der Waals surface area contributed by atoms with Crippen LogP contribution in [-0.2, 0) is 0 Å². The van der Waals surface area contributed by atoms with Gasteiger partial charge in [0.2, 0.25) is 0 Å². The van der Waals surface area contributed by atoms with E-state index in [0.717, 1.165) is 17.4 Å². The topological polar surface area (TPSA) is 59.3 Å². The van der Waals surface area contributed by atoms with Crippen LogP contribution in [0.5, 0.6) is 0 Å². The largest absolute Gasteiger partial charge is 0.318 e. The Morgan fingerprint density at radius 3 is 2.69 bits per heavy atom. The first-order valence-corrected chi connectivity index (χ1v) is 8.67. The van der Waals surface area contributed by atoms with Gasteiger partial charge in [-0.15, -0.1) is 0 Å². The van der Waals surface area contributed by atoms with Gasteiger partial charge in [-0.1, -0.05) is 15.9 Å². The Morgan fingerprint density at radius 1 is 1.27 bits per heavy atom. The number of amides is 1. The Labute approximate surface area is 154 Å². The number of anilines is 1. The third-order valence-corrected chi connectivity index (χ3v) is 4.60. The second-order valence-electron chi connectivity index (χ2n) is 6.06. The van der Waals surface area contributed by atoms with Gasteiger partial charge < -0.3 is 5.32 Å². The lowest BCUT2D eigenvalue weighted by Crippen LogP contribution is -2.14. The Hall–Kier alpha value is -2.42. The summed E-state index contributed by atoms with van der Waals surface area (Å²) in [6.07, 6.45) is -0.926. The SMILES string of the molecule is O=C(Nc1ccc(Br)cc1F)c1cc2nc(C3CC3)cc(C(F)F)n2n1. The highest BCUT2D eigenvalue weighted by atomic mass is 79.9. The average Bonchev–Trinajstić information content (AvgIpc) is 3.35. The second kappa shape index (κ2) is 6.39. The van der Waals surface area contributed by atoms with E-state index >= 15 is 0 Å². The minimum Gasteiger partial charge on any atom is -0.318 e. The van der Waals surface area contributed by atoms with Crippen LogP contribution >= 0.6 is 15.9 Å². The molecule has 0 saturated heterocycles. The molecule has 1 N–H and O–H groups in total. The summed E-state index contributed by atoms with van der Waals surface area (Å²) >= 11 is 3.13. The zero-order chi connectivity index (χ0) is 18.4. The molecule has 1 aliphatic carbocycles. The van der Waals surface area contributed by atoms with Crippen LogP contribution in [0.3, 0.4) is 0 Å².